The van der Waals surface area contributed by atoms with Gasteiger partial charge in [0, 0.05) is 30.6 Å². The van der Waals surface area contributed by atoms with Crippen LogP contribution in [0, 0.1) is 5.41 Å². The number of phenols is 1. The van der Waals surface area contributed by atoms with Crippen molar-refractivity contribution >= 4 is 17.8 Å². The molecule has 1 aromatic heterocycles. The maximum Gasteiger partial charge on any atom is 0.117 e. The molecule has 0 amide bonds. The van der Waals surface area contributed by atoms with Crippen molar-refractivity contribution in [3.8, 4) is 17.0 Å². The molecule has 82 valence electrons. The number of aryl methyl sites for hydroxylation is 1. The molecule has 0 spiro atoms. The highest BCUT2D eigenvalue weighted by atomic mass is 35.5. The van der Waals surface area contributed by atoms with Crippen LogP contribution in [0.2, 0.25) is 5.02 Å². The second-order valence-corrected chi connectivity index (χ2v) is 3.95. The van der Waals surface area contributed by atoms with Crippen molar-refractivity contribution in [2.75, 3.05) is 0 Å². The van der Waals surface area contributed by atoms with Crippen LogP contribution in [0.4, 0.5) is 0 Å². The van der Waals surface area contributed by atoms with Gasteiger partial charge in [0.05, 0.1) is 10.7 Å². The van der Waals surface area contributed by atoms with Crippen LogP contribution in [-0.4, -0.2) is 15.9 Å². The predicted molar refractivity (Wildman–Crippen MR) is 65.4 cm³/mol. The average molecular weight is 235 g/mol. The van der Waals surface area contributed by atoms with E-state index in [1.807, 2.05) is 23.9 Å². The summed E-state index contributed by atoms with van der Waals surface area (Å²) in [5.74, 6) is 0.138. The average Bonchev–Trinajstić information content (AvgIpc) is 2.60. The first kappa shape index (κ1) is 10.8. The number of hydrogen-bond acceptors (Lipinski definition) is 2. The van der Waals surface area contributed by atoms with E-state index in [1.54, 1.807) is 12.1 Å². The lowest BCUT2D eigenvalue weighted by atomic mass is 10.1. The number of halogens is 1. The minimum Gasteiger partial charge on any atom is -0.508 e. The normalized spacial score (nSPS) is 10.4. The van der Waals surface area contributed by atoms with Gasteiger partial charge in [0.25, 0.3) is 0 Å². The molecule has 3 nitrogen and oxygen atoms in total. The Bertz CT molecular complexity index is 546. The summed E-state index contributed by atoms with van der Waals surface area (Å²) in [6.45, 7) is 0. The van der Waals surface area contributed by atoms with Crippen molar-refractivity contribution in [2.24, 2.45) is 7.05 Å². The largest absolute Gasteiger partial charge is 0.508 e. The zero-order valence-electron chi connectivity index (χ0n) is 8.74. The third kappa shape index (κ3) is 1.70. The summed E-state index contributed by atoms with van der Waals surface area (Å²) in [5, 5.41) is 17.1. The van der Waals surface area contributed by atoms with Crippen molar-refractivity contribution in [3.05, 3.63) is 41.0 Å². The molecule has 0 saturated carbocycles. The molecule has 1 heterocycles. The molecule has 2 aromatic rings. The third-order valence-corrected chi connectivity index (χ3v) is 2.78. The molecule has 1 aromatic carbocycles. The van der Waals surface area contributed by atoms with Crippen molar-refractivity contribution < 1.29 is 5.11 Å². The van der Waals surface area contributed by atoms with E-state index in [0.717, 1.165) is 16.8 Å². The zero-order chi connectivity index (χ0) is 11.7. The summed E-state index contributed by atoms with van der Waals surface area (Å²) in [6.07, 6.45) is 3.16. The molecule has 0 aliphatic heterocycles. The van der Waals surface area contributed by atoms with E-state index in [-0.39, 0.29) is 5.75 Å². The van der Waals surface area contributed by atoms with Gasteiger partial charge in [-0.05, 0) is 24.3 Å². The summed E-state index contributed by atoms with van der Waals surface area (Å²) < 4.78 is 1.90. The zero-order valence-corrected chi connectivity index (χ0v) is 9.49. The van der Waals surface area contributed by atoms with E-state index in [0.29, 0.717) is 5.02 Å². The molecule has 2 rings (SSSR count). The molecule has 2 N–H and O–H groups in total. The highest BCUT2D eigenvalue weighted by molar-refractivity contribution is 6.33. The Balaban J connectivity index is 2.66. The third-order valence-electron chi connectivity index (χ3n) is 2.47. The van der Waals surface area contributed by atoms with Gasteiger partial charge in [-0.3, -0.25) is 0 Å². The Kier molecular flexibility index (Phi) is 2.71. The number of nitrogens with one attached hydrogen (secondary N) is 1. The van der Waals surface area contributed by atoms with Gasteiger partial charge in [0.1, 0.15) is 5.75 Å². The number of benzene rings is 1. The molecular formula is C12H11ClN2O. The van der Waals surface area contributed by atoms with Crippen LogP contribution >= 0.6 is 11.6 Å². The van der Waals surface area contributed by atoms with Crippen LogP contribution in [0.5, 0.6) is 5.75 Å². The lowest BCUT2D eigenvalue weighted by molar-refractivity contribution is 0.475. The van der Waals surface area contributed by atoms with Crippen molar-refractivity contribution in [1.82, 2.24) is 4.57 Å². The number of phenolic OH excluding ortho intramolecular Hbond substituents is 1. The SMILES string of the molecule is Cn1ccc(C=N)c1-c1ccc(O)cc1Cl. The first-order chi connectivity index (χ1) is 7.63. The van der Waals surface area contributed by atoms with Crippen LogP contribution in [0.3, 0.4) is 0 Å². The predicted octanol–water partition coefficient (Wildman–Crippen LogP) is 3.05. The molecule has 4 heteroatoms. The summed E-state index contributed by atoms with van der Waals surface area (Å²) in [6, 6.07) is 6.69. The van der Waals surface area contributed by atoms with E-state index in [1.165, 1.54) is 12.3 Å². The molecule has 0 fully saturated rings. The molecule has 0 aliphatic rings. The lowest BCUT2D eigenvalue weighted by Crippen LogP contribution is -1.93. The number of hydrogen-bond donors (Lipinski definition) is 2. The number of aromatic nitrogens is 1. The molecule has 0 atom stereocenters. The smallest absolute Gasteiger partial charge is 0.117 e. The number of rotatable bonds is 2. The topological polar surface area (TPSA) is 49.0 Å². The summed E-state index contributed by atoms with van der Waals surface area (Å²) in [4.78, 5) is 0. The molecule has 0 saturated heterocycles. The van der Waals surface area contributed by atoms with Gasteiger partial charge in [-0.15, -0.1) is 0 Å². The van der Waals surface area contributed by atoms with Crippen LogP contribution in [0.15, 0.2) is 30.5 Å². The van der Waals surface area contributed by atoms with Gasteiger partial charge in [-0.1, -0.05) is 11.6 Å². The molecule has 0 bridgehead atoms. The molecular weight excluding hydrogens is 224 g/mol. The Labute approximate surface area is 98.4 Å². The number of nitrogens with zero attached hydrogens (tertiary/aromatic N) is 1. The molecule has 16 heavy (non-hydrogen) atoms. The second kappa shape index (κ2) is 4.02. The van der Waals surface area contributed by atoms with Gasteiger partial charge in [0.15, 0.2) is 0 Å². The maximum absolute atomic E-state index is 9.29. The van der Waals surface area contributed by atoms with E-state index in [4.69, 9.17) is 17.0 Å². The van der Waals surface area contributed by atoms with E-state index in [2.05, 4.69) is 0 Å². The van der Waals surface area contributed by atoms with Crippen molar-refractivity contribution in [1.29, 1.82) is 5.41 Å². The van der Waals surface area contributed by atoms with Crippen LogP contribution in [0.1, 0.15) is 5.56 Å². The molecule has 0 aliphatic carbocycles. The van der Waals surface area contributed by atoms with E-state index >= 15 is 0 Å². The fourth-order valence-corrected chi connectivity index (χ4v) is 1.97. The highest BCUT2D eigenvalue weighted by Gasteiger charge is 2.11. The van der Waals surface area contributed by atoms with E-state index in [9.17, 15) is 5.11 Å². The Hall–Kier alpha value is -1.74. The molecule has 0 unspecified atom stereocenters. The minimum absolute atomic E-state index is 0.138. The van der Waals surface area contributed by atoms with Crippen LogP contribution < -0.4 is 0 Å². The summed E-state index contributed by atoms with van der Waals surface area (Å²) in [7, 11) is 1.89. The van der Waals surface area contributed by atoms with Crippen molar-refractivity contribution in [3.63, 3.8) is 0 Å². The fraction of sp³-hybridized carbons (Fsp3) is 0.0833. The highest BCUT2D eigenvalue weighted by Crippen LogP contribution is 2.32. The lowest BCUT2D eigenvalue weighted by Gasteiger charge is -2.08. The van der Waals surface area contributed by atoms with Gasteiger partial charge in [-0.25, -0.2) is 0 Å². The second-order valence-electron chi connectivity index (χ2n) is 3.54. The Morgan fingerprint density at radius 1 is 1.38 bits per heavy atom. The van der Waals surface area contributed by atoms with Crippen LogP contribution in [0.25, 0.3) is 11.3 Å². The quantitative estimate of drug-likeness (QED) is 0.771. The van der Waals surface area contributed by atoms with E-state index < -0.39 is 0 Å². The van der Waals surface area contributed by atoms with Gasteiger partial charge in [0.2, 0.25) is 0 Å². The standard InChI is InChI=1S/C12H11ClN2O/c1-15-5-4-8(7-14)12(15)10-3-2-9(16)6-11(10)13/h2-7,14,16H,1H3. The summed E-state index contributed by atoms with van der Waals surface area (Å²) in [5.41, 5.74) is 2.49. The first-order valence-corrected chi connectivity index (χ1v) is 5.16. The summed E-state index contributed by atoms with van der Waals surface area (Å²) >= 11 is 6.07. The Morgan fingerprint density at radius 3 is 2.75 bits per heavy atom. The molecule has 0 radical (unpaired) electrons. The van der Waals surface area contributed by atoms with Gasteiger partial charge in [-0.2, -0.15) is 0 Å². The Morgan fingerprint density at radius 2 is 2.12 bits per heavy atom. The minimum atomic E-state index is 0.138. The first-order valence-electron chi connectivity index (χ1n) is 4.78. The van der Waals surface area contributed by atoms with Crippen LogP contribution in [-0.2, 0) is 7.05 Å². The monoisotopic (exact) mass is 234 g/mol. The number of aromatic hydroxyl groups is 1. The fourth-order valence-electron chi connectivity index (χ4n) is 1.71. The maximum atomic E-state index is 9.29. The van der Waals surface area contributed by atoms with Gasteiger partial charge < -0.3 is 15.1 Å². The van der Waals surface area contributed by atoms with Gasteiger partial charge >= 0.3 is 0 Å². The van der Waals surface area contributed by atoms with Crippen molar-refractivity contribution in [2.45, 2.75) is 0 Å².